The number of fused-ring (bicyclic) bond motifs is 1. The zero-order chi connectivity index (χ0) is 18.8. The molecule has 0 aliphatic carbocycles. The molecule has 1 amide bonds. The van der Waals surface area contributed by atoms with E-state index in [1.807, 2.05) is 18.2 Å². The largest absolute Gasteiger partial charge is 0.322 e. The third-order valence-corrected chi connectivity index (χ3v) is 5.96. The second kappa shape index (κ2) is 7.80. The molecule has 0 saturated heterocycles. The van der Waals surface area contributed by atoms with E-state index >= 15 is 0 Å². The molecule has 3 nitrogen and oxygen atoms in total. The fourth-order valence-corrected chi connectivity index (χ4v) is 4.61. The van der Waals surface area contributed by atoms with Crippen molar-refractivity contribution in [2.75, 3.05) is 18.4 Å². The molecular formula is C21H18ClFN2OS. The molecule has 0 fully saturated rings. The first-order valence-electron chi connectivity index (χ1n) is 8.72. The van der Waals surface area contributed by atoms with E-state index < -0.39 is 5.82 Å². The van der Waals surface area contributed by atoms with Crippen LogP contribution in [0.15, 0.2) is 60.0 Å². The van der Waals surface area contributed by atoms with E-state index in [9.17, 15) is 9.18 Å². The number of rotatable bonds is 4. The van der Waals surface area contributed by atoms with Crippen LogP contribution in [0.1, 0.15) is 22.0 Å². The standard InChI is InChI=1S/C21H18ClFN2OS/c22-15-6-7-17(23)18(12-15)24-20(26)13-25-10-8-19-16(9-11-27-19)21(25)14-4-2-1-3-5-14/h1-7,9,11-12,21H,8,10,13H2,(H,24,26)/t21-/m0/s1. The number of nitrogens with one attached hydrogen (secondary N) is 1. The lowest BCUT2D eigenvalue weighted by Gasteiger charge is -2.35. The summed E-state index contributed by atoms with van der Waals surface area (Å²) in [7, 11) is 0. The zero-order valence-electron chi connectivity index (χ0n) is 14.5. The normalized spacial score (nSPS) is 16.7. The molecule has 0 spiro atoms. The van der Waals surface area contributed by atoms with Crippen LogP contribution in [0.25, 0.3) is 0 Å². The fraction of sp³-hybridized carbons (Fsp3) is 0.190. The zero-order valence-corrected chi connectivity index (χ0v) is 16.1. The number of amides is 1. The Hall–Kier alpha value is -2.21. The van der Waals surface area contributed by atoms with Gasteiger partial charge in [-0.1, -0.05) is 41.9 Å². The Bertz CT molecular complexity index is 960. The number of halogens is 2. The summed E-state index contributed by atoms with van der Waals surface area (Å²) in [6.45, 7) is 0.958. The van der Waals surface area contributed by atoms with Crippen molar-refractivity contribution in [2.24, 2.45) is 0 Å². The predicted octanol–water partition coefficient (Wildman–Crippen LogP) is 5.13. The maximum absolute atomic E-state index is 13.9. The monoisotopic (exact) mass is 400 g/mol. The van der Waals surface area contributed by atoms with Crippen LogP contribution in [-0.2, 0) is 11.2 Å². The molecule has 2 aromatic carbocycles. The third-order valence-electron chi connectivity index (χ3n) is 4.73. The molecule has 4 rings (SSSR count). The van der Waals surface area contributed by atoms with Crippen molar-refractivity contribution in [1.29, 1.82) is 0 Å². The Morgan fingerprint density at radius 3 is 2.85 bits per heavy atom. The molecule has 1 N–H and O–H groups in total. The van der Waals surface area contributed by atoms with Crippen LogP contribution in [0.5, 0.6) is 0 Å². The number of hydrogen-bond acceptors (Lipinski definition) is 3. The summed E-state index contributed by atoms with van der Waals surface area (Å²) < 4.78 is 13.9. The highest BCUT2D eigenvalue weighted by molar-refractivity contribution is 7.10. The average Bonchev–Trinajstić information content (AvgIpc) is 3.14. The predicted molar refractivity (Wildman–Crippen MR) is 108 cm³/mol. The van der Waals surface area contributed by atoms with Crippen LogP contribution in [-0.4, -0.2) is 23.9 Å². The smallest absolute Gasteiger partial charge is 0.238 e. The van der Waals surface area contributed by atoms with Gasteiger partial charge < -0.3 is 5.32 Å². The first-order chi connectivity index (χ1) is 13.1. The summed E-state index contributed by atoms with van der Waals surface area (Å²) >= 11 is 7.67. The summed E-state index contributed by atoms with van der Waals surface area (Å²) in [4.78, 5) is 16.1. The fourth-order valence-electron chi connectivity index (χ4n) is 3.53. The van der Waals surface area contributed by atoms with Crippen LogP contribution in [0.4, 0.5) is 10.1 Å². The van der Waals surface area contributed by atoms with Gasteiger partial charge in [0, 0.05) is 16.4 Å². The highest BCUT2D eigenvalue weighted by Crippen LogP contribution is 2.37. The summed E-state index contributed by atoms with van der Waals surface area (Å²) in [5.74, 6) is -0.748. The molecule has 3 aromatic rings. The number of carbonyl (C=O) groups is 1. The van der Waals surface area contributed by atoms with Gasteiger partial charge in [0.2, 0.25) is 5.91 Å². The SMILES string of the molecule is O=C(CN1CCc2sccc2[C@@H]1c1ccccc1)Nc1cc(Cl)ccc1F. The molecule has 1 aliphatic heterocycles. The van der Waals surface area contributed by atoms with Crippen LogP contribution in [0, 0.1) is 5.82 Å². The lowest BCUT2D eigenvalue weighted by atomic mass is 9.93. The molecule has 6 heteroatoms. The van der Waals surface area contributed by atoms with Gasteiger partial charge in [-0.3, -0.25) is 9.69 Å². The Morgan fingerprint density at radius 2 is 2.04 bits per heavy atom. The van der Waals surface area contributed by atoms with Gasteiger partial charge in [-0.2, -0.15) is 0 Å². The minimum absolute atomic E-state index is 0.0242. The molecule has 2 heterocycles. The number of anilines is 1. The lowest BCUT2D eigenvalue weighted by molar-refractivity contribution is -0.117. The van der Waals surface area contributed by atoms with E-state index in [1.165, 1.54) is 28.6 Å². The maximum Gasteiger partial charge on any atom is 0.238 e. The van der Waals surface area contributed by atoms with Crippen LogP contribution >= 0.6 is 22.9 Å². The number of hydrogen-bond donors (Lipinski definition) is 1. The third kappa shape index (κ3) is 3.90. The Kier molecular flexibility index (Phi) is 5.25. The molecule has 0 saturated carbocycles. The molecule has 1 atom stereocenters. The average molecular weight is 401 g/mol. The lowest BCUT2D eigenvalue weighted by Crippen LogP contribution is -2.40. The minimum Gasteiger partial charge on any atom is -0.322 e. The molecule has 0 unspecified atom stereocenters. The number of carbonyl (C=O) groups excluding carboxylic acids is 1. The second-order valence-corrected chi connectivity index (χ2v) is 7.94. The van der Waals surface area contributed by atoms with Crippen molar-refractivity contribution in [2.45, 2.75) is 12.5 Å². The maximum atomic E-state index is 13.9. The summed E-state index contributed by atoms with van der Waals surface area (Å²) in [6.07, 6.45) is 0.912. The highest BCUT2D eigenvalue weighted by Gasteiger charge is 2.30. The summed E-state index contributed by atoms with van der Waals surface area (Å²) in [6, 6.07) is 16.5. The van der Waals surface area contributed by atoms with Crippen LogP contribution < -0.4 is 5.32 Å². The van der Waals surface area contributed by atoms with E-state index in [2.05, 4.69) is 33.8 Å². The van der Waals surface area contributed by atoms with Gasteiger partial charge in [-0.15, -0.1) is 11.3 Å². The van der Waals surface area contributed by atoms with E-state index in [-0.39, 0.29) is 24.2 Å². The van der Waals surface area contributed by atoms with E-state index in [1.54, 1.807) is 11.3 Å². The van der Waals surface area contributed by atoms with Crippen molar-refractivity contribution in [1.82, 2.24) is 4.90 Å². The van der Waals surface area contributed by atoms with Crippen molar-refractivity contribution < 1.29 is 9.18 Å². The Morgan fingerprint density at radius 1 is 1.22 bits per heavy atom. The Labute approximate surface area is 166 Å². The molecule has 0 radical (unpaired) electrons. The van der Waals surface area contributed by atoms with Gasteiger partial charge in [-0.05, 0) is 47.2 Å². The minimum atomic E-state index is -0.494. The molecule has 138 valence electrons. The van der Waals surface area contributed by atoms with Gasteiger partial charge in [0.05, 0.1) is 18.3 Å². The first-order valence-corrected chi connectivity index (χ1v) is 9.98. The van der Waals surface area contributed by atoms with Crippen molar-refractivity contribution in [3.05, 3.63) is 86.8 Å². The van der Waals surface area contributed by atoms with Crippen LogP contribution in [0.2, 0.25) is 5.02 Å². The molecule has 1 aromatic heterocycles. The van der Waals surface area contributed by atoms with Gasteiger partial charge >= 0.3 is 0 Å². The topological polar surface area (TPSA) is 32.3 Å². The quantitative estimate of drug-likeness (QED) is 0.658. The van der Waals surface area contributed by atoms with E-state index in [0.717, 1.165) is 18.5 Å². The van der Waals surface area contributed by atoms with Crippen molar-refractivity contribution >= 4 is 34.5 Å². The van der Waals surface area contributed by atoms with Gasteiger partial charge in [0.15, 0.2) is 0 Å². The molecule has 1 aliphatic rings. The molecule has 27 heavy (non-hydrogen) atoms. The number of benzene rings is 2. The molecule has 0 bridgehead atoms. The van der Waals surface area contributed by atoms with Crippen LogP contribution in [0.3, 0.4) is 0 Å². The Balaban J connectivity index is 1.57. The summed E-state index contributed by atoms with van der Waals surface area (Å²) in [5, 5.41) is 5.14. The highest BCUT2D eigenvalue weighted by atomic mass is 35.5. The van der Waals surface area contributed by atoms with Gasteiger partial charge in [0.25, 0.3) is 0 Å². The second-order valence-electron chi connectivity index (χ2n) is 6.51. The van der Waals surface area contributed by atoms with E-state index in [0.29, 0.717) is 5.02 Å². The number of thiophene rings is 1. The van der Waals surface area contributed by atoms with Gasteiger partial charge in [-0.25, -0.2) is 4.39 Å². The number of nitrogens with zero attached hydrogens (tertiary/aromatic N) is 1. The van der Waals surface area contributed by atoms with Crippen molar-refractivity contribution in [3.8, 4) is 0 Å². The van der Waals surface area contributed by atoms with Gasteiger partial charge in [0.1, 0.15) is 5.82 Å². The van der Waals surface area contributed by atoms with E-state index in [4.69, 9.17) is 11.6 Å². The molecular weight excluding hydrogens is 383 g/mol. The van der Waals surface area contributed by atoms with Crippen molar-refractivity contribution in [3.63, 3.8) is 0 Å². The summed E-state index contributed by atoms with van der Waals surface area (Å²) in [5.41, 5.74) is 2.51. The first kappa shape index (κ1) is 18.2.